The number of aliphatic carboxylic acids is 1. The number of carboxylic acid groups (broad SMARTS) is 1. The van der Waals surface area contributed by atoms with Gasteiger partial charge in [-0.3, -0.25) is 4.79 Å². The molecule has 1 aliphatic rings. The van der Waals surface area contributed by atoms with Crippen molar-refractivity contribution in [2.45, 2.75) is 45.2 Å². The van der Waals surface area contributed by atoms with E-state index < -0.39 is 11.5 Å². The summed E-state index contributed by atoms with van der Waals surface area (Å²) in [6.07, 6.45) is 1.87. The number of amides is 2. The summed E-state index contributed by atoms with van der Waals surface area (Å²) in [7, 11) is 3.85. The molecular formula is C14H27N3O3. The van der Waals surface area contributed by atoms with Gasteiger partial charge in [0.15, 0.2) is 0 Å². The number of likely N-dealkylation sites (tertiary alicyclic amines) is 1. The summed E-state index contributed by atoms with van der Waals surface area (Å²) in [5.74, 6) is -0.981. The van der Waals surface area contributed by atoms with Crippen molar-refractivity contribution in [2.75, 3.05) is 33.7 Å². The fourth-order valence-corrected chi connectivity index (χ4v) is 2.46. The molecule has 1 fully saturated rings. The van der Waals surface area contributed by atoms with Gasteiger partial charge < -0.3 is 19.8 Å². The van der Waals surface area contributed by atoms with Crippen LogP contribution in [0.2, 0.25) is 0 Å². The molecule has 1 heterocycles. The van der Waals surface area contributed by atoms with Crippen molar-refractivity contribution in [3.05, 3.63) is 0 Å². The van der Waals surface area contributed by atoms with Crippen LogP contribution >= 0.6 is 0 Å². The number of piperidine rings is 1. The molecule has 0 aromatic rings. The maximum Gasteiger partial charge on any atom is 0.323 e. The molecule has 0 aromatic carbocycles. The van der Waals surface area contributed by atoms with Crippen molar-refractivity contribution in [3.63, 3.8) is 0 Å². The van der Waals surface area contributed by atoms with Crippen LogP contribution in [0.4, 0.5) is 4.79 Å². The minimum atomic E-state index is -0.981. The van der Waals surface area contributed by atoms with Crippen LogP contribution in [0.5, 0.6) is 0 Å². The average Bonchev–Trinajstić information content (AvgIpc) is 2.33. The summed E-state index contributed by atoms with van der Waals surface area (Å²) in [5.41, 5.74) is -0.505. The lowest BCUT2D eigenvalue weighted by Crippen LogP contribution is -2.56. The second kappa shape index (κ2) is 6.43. The SMILES string of the molecule is CN1CCC(N(C)C(=O)N(CC(=O)O)C(C)(C)C)CC1. The Bertz CT molecular complexity index is 357. The number of hydrogen-bond acceptors (Lipinski definition) is 3. The highest BCUT2D eigenvalue weighted by atomic mass is 16.4. The number of carboxylic acids is 1. The van der Waals surface area contributed by atoms with Gasteiger partial charge in [-0.1, -0.05) is 0 Å². The predicted octanol–water partition coefficient (Wildman–Crippen LogP) is 1.32. The van der Waals surface area contributed by atoms with E-state index in [0.29, 0.717) is 0 Å². The summed E-state index contributed by atoms with van der Waals surface area (Å²) in [5, 5.41) is 9.00. The fourth-order valence-electron chi connectivity index (χ4n) is 2.46. The summed E-state index contributed by atoms with van der Waals surface area (Å²) in [6, 6.07) is -0.00759. The van der Waals surface area contributed by atoms with Gasteiger partial charge in [0, 0.05) is 18.6 Å². The summed E-state index contributed by atoms with van der Waals surface area (Å²) in [6.45, 7) is 7.25. The normalized spacial score (nSPS) is 17.9. The van der Waals surface area contributed by atoms with Crippen LogP contribution in [0.3, 0.4) is 0 Å². The van der Waals surface area contributed by atoms with E-state index >= 15 is 0 Å². The molecule has 1 N–H and O–H groups in total. The molecule has 6 heteroatoms. The van der Waals surface area contributed by atoms with E-state index in [-0.39, 0.29) is 18.6 Å². The molecule has 2 amide bonds. The monoisotopic (exact) mass is 285 g/mol. The minimum Gasteiger partial charge on any atom is -0.480 e. The number of carbonyl (C=O) groups excluding carboxylic acids is 1. The van der Waals surface area contributed by atoms with Gasteiger partial charge in [-0.25, -0.2) is 4.79 Å². The highest BCUT2D eigenvalue weighted by Crippen LogP contribution is 2.20. The number of hydrogen-bond donors (Lipinski definition) is 1. The lowest BCUT2D eigenvalue weighted by atomic mass is 10.0. The first kappa shape index (κ1) is 16.8. The van der Waals surface area contributed by atoms with Gasteiger partial charge in [-0.05, 0) is 53.8 Å². The fraction of sp³-hybridized carbons (Fsp3) is 0.857. The standard InChI is InChI=1S/C14H27N3O3/c1-14(2,3)17(10-12(18)19)13(20)16(5)11-6-8-15(4)9-7-11/h11H,6-10H2,1-5H3,(H,18,19). The minimum absolute atomic E-state index is 0.192. The van der Waals surface area contributed by atoms with Gasteiger partial charge >= 0.3 is 12.0 Å². The predicted molar refractivity (Wildman–Crippen MR) is 77.8 cm³/mol. The molecule has 116 valence electrons. The molecule has 6 nitrogen and oxygen atoms in total. The van der Waals surface area contributed by atoms with Crippen molar-refractivity contribution < 1.29 is 14.7 Å². The quantitative estimate of drug-likeness (QED) is 0.849. The van der Waals surface area contributed by atoms with Crippen molar-refractivity contribution >= 4 is 12.0 Å². The molecule has 20 heavy (non-hydrogen) atoms. The molecule has 0 aliphatic carbocycles. The third kappa shape index (κ3) is 4.37. The molecule has 0 saturated carbocycles. The molecule has 0 aromatic heterocycles. The second-order valence-corrected chi connectivity index (χ2v) is 6.58. The Hall–Kier alpha value is -1.30. The highest BCUT2D eigenvalue weighted by molar-refractivity contribution is 5.81. The van der Waals surface area contributed by atoms with Gasteiger partial charge in [0.05, 0.1) is 0 Å². The van der Waals surface area contributed by atoms with Gasteiger partial charge in [-0.2, -0.15) is 0 Å². The highest BCUT2D eigenvalue weighted by Gasteiger charge is 2.33. The first-order valence-corrected chi connectivity index (χ1v) is 7.07. The lowest BCUT2D eigenvalue weighted by molar-refractivity contribution is -0.138. The van der Waals surface area contributed by atoms with Gasteiger partial charge in [0.25, 0.3) is 0 Å². The van der Waals surface area contributed by atoms with E-state index in [2.05, 4.69) is 11.9 Å². The summed E-state index contributed by atoms with van der Waals surface area (Å²) in [4.78, 5) is 28.9. The van der Waals surface area contributed by atoms with E-state index in [9.17, 15) is 9.59 Å². The smallest absolute Gasteiger partial charge is 0.323 e. The molecule has 1 saturated heterocycles. The van der Waals surface area contributed by atoms with E-state index in [1.54, 1.807) is 11.9 Å². The van der Waals surface area contributed by atoms with Crippen LogP contribution < -0.4 is 0 Å². The van der Waals surface area contributed by atoms with Crippen LogP contribution in [-0.4, -0.2) is 77.1 Å². The largest absolute Gasteiger partial charge is 0.480 e. The van der Waals surface area contributed by atoms with Gasteiger partial charge in [-0.15, -0.1) is 0 Å². The van der Waals surface area contributed by atoms with Crippen molar-refractivity contribution in [3.8, 4) is 0 Å². The zero-order valence-electron chi connectivity index (χ0n) is 13.2. The summed E-state index contributed by atoms with van der Waals surface area (Å²) < 4.78 is 0. The molecule has 1 aliphatic heterocycles. The molecule has 0 radical (unpaired) electrons. The van der Waals surface area contributed by atoms with Crippen LogP contribution in [0, 0.1) is 0 Å². The van der Waals surface area contributed by atoms with Crippen molar-refractivity contribution in [2.24, 2.45) is 0 Å². The number of carbonyl (C=O) groups is 2. The van der Waals surface area contributed by atoms with Crippen molar-refractivity contribution in [1.82, 2.24) is 14.7 Å². The maximum absolute atomic E-state index is 12.6. The van der Waals surface area contributed by atoms with E-state index in [0.717, 1.165) is 25.9 Å². The number of urea groups is 1. The lowest BCUT2D eigenvalue weighted by Gasteiger charge is -2.41. The zero-order valence-corrected chi connectivity index (χ0v) is 13.2. The Morgan fingerprint density at radius 3 is 2.15 bits per heavy atom. The van der Waals surface area contributed by atoms with E-state index in [1.807, 2.05) is 20.8 Å². The molecule has 0 unspecified atom stereocenters. The Labute approximate surface area is 121 Å². The van der Waals surface area contributed by atoms with Crippen LogP contribution in [-0.2, 0) is 4.79 Å². The molecule has 0 spiro atoms. The first-order chi connectivity index (χ1) is 9.12. The second-order valence-electron chi connectivity index (χ2n) is 6.58. The molecular weight excluding hydrogens is 258 g/mol. The van der Waals surface area contributed by atoms with Crippen LogP contribution in [0.1, 0.15) is 33.6 Å². The molecule has 1 rings (SSSR count). The number of rotatable bonds is 3. The first-order valence-electron chi connectivity index (χ1n) is 7.07. The van der Waals surface area contributed by atoms with Crippen LogP contribution in [0.25, 0.3) is 0 Å². The van der Waals surface area contributed by atoms with E-state index in [1.165, 1.54) is 4.90 Å². The van der Waals surface area contributed by atoms with E-state index in [4.69, 9.17) is 5.11 Å². The maximum atomic E-state index is 12.6. The average molecular weight is 285 g/mol. The van der Waals surface area contributed by atoms with Crippen molar-refractivity contribution in [1.29, 1.82) is 0 Å². The van der Waals surface area contributed by atoms with Gasteiger partial charge in [0.2, 0.25) is 0 Å². The van der Waals surface area contributed by atoms with Crippen LogP contribution in [0.15, 0.2) is 0 Å². The third-order valence-electron chi connectivity index (χ3n) is 3.87. The topological polar surface area (TPSA) is 64.1 Å². The Kier molecular flexibility index (Phi) is 5.39. The third-order valence-corrected chi connectivity index (χ3v) is 3.87. The Morgan fingerprint density at radius 2 is 1.75 bits per heavy atom. The molecule has 0 atom stereocenters. The number of nitrogens with zero attached hydrogens (tertiary/aromatic N) is 3. The molecule has 0 bridgehead atoms. The summed E-state index contributed by atoms with van der Waals surface area (Å²) >= 11 is 0. The Morgan fingerprint density at radius 1 is 1.25 bits per heavy atom. The van der Waals surface area contributed by atoms with Gasteiger partial charge in [0.1, 0.15) is 6.54 Å². The zero-order chi connectivity index (χ0) is 15.5. The Balaban J connectivity index is 2.75.